The predicted octanol–water partition coefficient (Wildman–Crippen LogP) is 5.75. The van der Waals surface area contributed by atoms with Crippen LogP contribution in [0.15, 0.2) is 18.2 Å². The first-order valence-corrected chi connectivity index (χ1v) is 13.7. The first kappa shape index (κ1) is 26.8. The number of rotatable bonds is 9. The van der Waals surface area contributed by atoms with Gasteiger partial charge in [0.1, 0.15) is 34.7 Å². The van der Waals surface area contributed by atoms with Gasteiger partial charge in [-0.15, -0.1) is 0 Å². The van der Waals surface area contributed by atoms with E-state index >= 15 is 0 Å². The minimum absolute atomic E-state index is 0.0721. The number of carbonyl (C=O) groups excluding carboxylic acids is 1. The number of halogens is 2. The second-order valence-corrected chi connectivity index (χ2v) is 10.2. The summed E-state index contributed by atoms with van der Waals surface area (Å²) in [5.41, 5.74) is 2.20. The molecule has 5 rings (SSSR count). The molecule has 39 heavy (non-hydrogen) atoms. The monoisotopic (exact) mass is 539 g/mol. The van der Waals surface area contributed by atoms with E-state index in [0.717, 1.165) is 49.8 Å². The number of anilines is 2. The van der Waals surface area contributed by atoms with E-state index in [-0.39, 0.29) is 35.8 Å². The molecule has 3 N–H and O–H groups in total. The van der Waals surface area contributed by atoms with E-state index < -0.39 is 11.6 Å². The van der Waals surface area contributed by atoms with Crippen molar-refractivity contribution in [3.8, 4) is 17.3 Å². The lowest BCUT2D eigenvalue weighted by Gasteiger charge is -2.22. The van der Waals surface area contributed by atoms with Crippen LogP contribution in [0, 0.1) is 18.6 Å². The summed E-state index contributed by atoms with van der Waals surface area (Å²) < 4.78 is 36.7. The van der Waals surface area contributed by atoms with Crippen molar-refractivity contribution < 1.29 is 18.3 Å². The third-order valence-corrected chi connectivity index (χ3v) is 7.31. The maximum absolute atomic E-state index is 14.9. The summed E-state index contributed by atoms with van der Waals surface area (Å²) in [7, 11) is 1.73. The normalized spacial score (nSPS) is 15.7. The summed E-state index contributed by atoms with van der Waals surface area (Å²) in [6, 6.07) is 3.91. The van der Waals surface area contributed by atoms with Crippen molar-refractivity contribution in [3.05, 3.63) is 46.7 Å². The molecule has 2 saturated carbocycles. The van der Waals surface area contributed by atoms with Gasteiger partial charge in [0, 0.05) is 54.0 Å². The van der Waals surface area contributed by atoms with Crippen LogP contribution >= 0.6 is 0 Å². The third-order valence-electron chi connectivity index (χ3n) is 7.31. The van der Waals surface area contributed by atoms with E-state index in [4.69, 9.17) is 9.84 Å². The van der Waals surface area contributed by atoms with Gasteiger partial charge in [0.2, 0.25) is 0 Å². The number of amides is 2. The highest BCUT2D eigenvalue weighted by Crippen LogP contribution is 2.44. The van der Waals surface area contributed by atoms with Gasteiger partial charge >= 0.3 is 6.03 Å². The molecule has 1 aromatic carbocycles. The van der Waals surface area contributed by atoms with Crippen molar-refractivity contribution in [2.75, 3.05) is 24.3 Å². The van der Waals surface area contributed by atoms with Gasteiger partial charge < -0.3 is 15.4 Å². The number of aromatic nitrogens is 4. The third kappa shape index (κ3) is 6.12. The Hall–Kier alpha value is -3.76. The van der Waals surface area contributed by atoms with Crippen LogP contribution in [-0.4, -0.2) is 45.5 Å². The Bertz CT molecular complexity index is 1330. The van der Waals surface area contributed by atoms with Gasteiger partial charge in [-0.2, -0.15) is 5.10 Å². The zero-order valence-corrected chi connectivity index (χ0v) is 22.6. The number of benzene rings is 1. The topological polar surface area (TPSA) is 106 Å². The molecule has 9 nitrogen and oxygen atoms in total. The molecule has 3 aromatic rings. The van der Waals surface area contributed by atoms with Gasteiger partial charge in [-0.3, -0.25) is 10.00 Å². The molecule has 11 heteroatoms. The minimum atomic E-state index is -0.682. The standard InChI is InChI=1S/C28H35F2N7O2/c1-4-39-19-12-21(29)20(22(30)13-19)15-37-26(17-10-11-17)16(2)25(36-37)27-33-23(31-3)14-24(34-27)35-28(38)32-18-8-6-5-7-9-18/h12-14,17-18H,4-11,15H2,1-3H3,(H3,31,32,33,34,35,38). The van der Waals surface area contributed by atoms with Gasteiger partial charge in [-0.25, -0.2) is 23.5 Å². The Morgan fingerprint density at radius 2 is 1.74 bits per heavy atom. The summed E-state index contributed by atoms with van der Waals surface area (Å²) in [6.45, 7) is 3.93. The fourth-order valence-corrected chi connectivity index (χ4v) is 5.23. The van der Waals surface area contributed by atoms with E-state index in [9.17, 15) is 13.6 Å². The molecule has 0 spiro atoms. The summed E-state index contributed by atoms with van der Waals surface area (Å²) in [6.07, 6.45) is 7.33. The van der Waals surface area contributed by atoms with Gasteiger partial charge in [0.15, 0.2) is 5.82 Å². The second-order valence-electron chi connectivity index (χ2n) is 10.2. The van der Waals surface area contributed by atoms with Crippen LogP contribution < -0.4 is 20.7 Å². The van der Waals surface area contributed by atoms with Crippen molar-refractivity contribution in [2.24, 2.45) is 0 Å². The van der Waals surface area contributed by atoms with Gasteiger partial charge in [-0.05, 0) is 39.5 Å². The molecule has 0 aliphatic heterocycles. The lowest BCUT2D eigenvalue weighted by molar-refractivity contribution is 0.244. The molecule has 2 aliphatic carbocycles. The number of ether oxygens (including phenoxy) is 1. The van der Waals surface area contributed by atoms with Crippen LogP contribution in [0.4, 0.5) is 25.2 Å². The average molecular weight is 540 g/mol. The number of hydrogen-bond acceptors (Lipinski definition) is 6. The maximum atomic E-state index is 14.9. The van der Waals surface area contributed by atoms with Gasteiger partial charge in [-0.1, -0.05) is 19.3 Å². The fraction of sp³-hybridized carbons (Fsp3) is 0.500. The van der Waals surface area contributed by atoms with Crippen LogP contribution in [0.25, 0.3) is 11.5 Å². The summed E-state index contributed by atoms with van der Waals surface area (Å²) >= 11 is 0. The molecular weight excluding hydrogens is 504 g/mol. The van der Waals surface area contributed by atoms with Crippen molar-refractivity contribution >= 4 is 17.7 Å². The second kappa shape index (κ2) is 11.5. The van der Waals surface area contributed by atoms with E-state index in [1.165, 1.54) is 18.6 Å². The molecule has 2 aliphatic rings. The Balaban J connectivity index is 1.44. The molecular formula is C28H35F2N7O2. The van der Waals surface area contributed by atoms with Crippen molar-refractivity contribution in [2.45, 2.75) is 77.3 Å². The molecule has 0 saturated heterocycles. The Kier molecular flexibility index (Phi) is 7.94. The zero-order chi connectivity index (χ0) is 27.5. The SMILES string of the molecule is CCOc1cc(F)c(Cn2nc(-c3nc(NC)cc(NC(=O)NC4CCCCC4)n3)c(C)c2C2CC2)c(F)c1. The molecule has 2 fully saturated rings. The van der Waals surface area contributed by atoms with Gasteiger partial charge in [0.25, 0.3) is 0 Å². The van der Waals surface area contributed by atoms with Crippen LogP contribution in [0.5, 0.6) is 5.75 Å². The first-order chi connectivity index (χ1) is 18.9. The quantitative estimate of drug-likeness (QED) is 0.320. The van der Waals surface area contributed by atoms with Crippen molar-refractivity contribution in [1.29, 1.82) is 0 Å². The molecule has 208 valence electrons. The number of hydrogen-bond donors (Lipinski definition) is 3. The maximum Gasteiger partial charge on any atom is 0.320 e. The Morgan fingerprint density at radius 1 is 1.05 bits per heavy atom. The van der Waals surface area contributed by atoms with Gasteiger partial charge in [0.05, 0.1) is 13.2 Å². The largest absolute Gasteiger partial charge is 0.494 e. The summed E-state index contributed by atoms with van der Waals surface area (Å²) in [4.78, 5) is 21.9. The highest BCUT2D eigenvalue weighted by Gasteiger charge is 2.32. The zero-order valence-electron chi connectivity index (χ0n) is 22.6. The molecule has 0 unspecified atom stereocenters. The Morgan fingerprint density at radius 3 is 2.38 bits per heavy atom. The highest BCUT2D eigenvalue weighted by atomic mass is 19.1. The molecule has 0 radical (unpaired) electrons. The first-order valence-electron chi connectivity index (χ1n) is 13.7. The molecule has 0 atom stereocenters. The van der Waals surface area contributed by atoms with E-state index in [2.05, 4.69) is 25.9 Å². The lowest BCUT2D eigenvalue weighted by Crippen LogP contribution is -2.39. The number of nitrogens with zero attached hydrogens (tertiary/aromatic N) is 4. The van der Waals surface area contributed by atoms with Crippen LogP contribution in [0.1, 0.15) is 74.6 Å². The van der Waals surface area contributed by atoms with Crippen LogP contribution in [-0.2, 0) is 6.54 Å². The number of urea groups is 1. The van der Waals surface area contributed by atoms with Crippen LogP contribution in [0.3, 0.4) is 0 Å². The number of nitrogens with one attached hydrogen (secondary N) is 3. The summed E-state index contributed by atoms with van der Waals surface area (Å²) in [5, 5.41) is 13.6. The van der Waals surface area contributed by atoms with E-state index in [0.29, 0.717) is 29.8 Å². The van der Waals surface area contributed by atoms with Crippen molar-refractivity contribution in [3.63, 3.8) is 0 Å². The predicted molar refractivity (Wildman–Crippen MR) is 145 cm³/mol. The smallest absolute Gasteiger partial charge is 0.320 e. The molecule has 0 bridgehead atoms. The van der Waals surface area contributed by atoms with E-state index in [1.807, 2.05) is 6.92 Å². The summed E-state index contributed by atoms with van der Waals surface area (Å²) in [5.74, 6) is 0.215. The molecule has 2 aromatic heterocycles. The molecule has 2 amide bonds. The Labute approximate surface area is 226 Å². The average Bonchev–Trinajstić information content (AvgIpc) is 3.69. The van der Waals surface area contributed by atoms with E-state index in [1.54, 1.807) is 24.7 Å². The van der Waals surface area contributed by atoms with Crippen LogP contribution in [0.2, 0.25) is 0 Å². The minimum Gasteiger partial charge on any atom is -0.494 e. The molecule has 2 heterocycles. The lowest BCUT2D eigenvalue weighted by atomic mass is 9.96. The number of carbonyl (C=O) groups is 1. The fourth-order valence-electron chi connectivity index (χ4n) is 5.23. The van der Waals surface area contributed by atoms with Crippen molar-refractivity contribution in [1.82, 2.24) is 25.1 Å². The highest BCUT2D eigenvalue weighted by molar-refractivity contribution is 5.89.